The summed E-state index contributed by atoms with van der Waals surface area (Å²) in [7, 11) is 1.43. The average Bonchev–Trinajstić information content (AvgIpc) is 2.90. The summed E-state index contributed by atoms with van der Waals surface area (Å²) in [5.41, 5.74) is -0.417. The second kappa shape index (κ2) is 8.24. The highest BCUT2D eigenvalue weighted by atomic mass is 19.1. The number of benzene rings is 1. The third-order valence-electron chi connectivity index (χ3n) is 6.23. The molecule has 8 heteroatoms. The van der Waals surface area contributed by atoms with Crippen LogP contribution in [0.3, 0.4) is 0 Å². The van der Waals surface area contributed by atoms with Crippen LogP contribution in [0.2, 0.25) is 0 Å². The van der Waals surface area contributed by atoms with E-state index in [1.165, 1.54) is 25.3 Å². The number of imide groups is 1. The van der Waals surface area contributed by atoms with Crippen molar-refractivity contribution in [2.45, 2.75) is 58.6 Å². The van der Waals surface area contributed by atoms with Crippen LogP contribution < -0.4 is 10.1 Å². The number of esters is 1. The van der Waals surface area contributed by atoms with Crippen molar-refractivity contribution >= 4 is 17.9 Å². The smallest absolute Gasteiger partial charge is 0.326 e. The van der Waals surface area contributed by atoms with Gasteiger partial charge >= 0.3 is 12.0 Å². The van der Waals surface area contributed by atoms with Crippen molar-refractivity contribution in [1.29, 1.82) is 0 Å². The molecule has 1 aliphatic heterocycles. The van der Waals surface area contributed by atoms with Crippen LogP contribution in [-0.2, 0) is 20.9 Å². The quantitative estimate of drug-likeness (QED) is 0.583. The van der Waals surface area contributed by atoms with Crippen molar-refractivity contribution in [3.05, 3.63) is 29.6 Å². The van der Waals surface area contributed by atoms with E-state index < -0.39 is 29.9 Å². The first-order valence-corrected chi connectivity index (χ1v) is 10.2. The zero-order valence-electron chi connectivity index (χ0n) is 17.9. The van der Waals surface area contributed by atoms with Gasteiger partial charge in [0.1, 0.15) is 30.3 Å². The van der Waals surface area contributed by atoms with Gasteiger partial charge in [-0.2, -0.15) is 0 Å². The molecular weight excluding hydrogens is 391 g/mol. The highest BCUT2D eigenvalue weighted by Crippen LogP contribution is 2.43. The fourth-order valence-electron chi connectivity index (χ4n) is 4.33. The van der Waals surface area contributed by atoms with Gasteiger partial charge in [-0.3, -0.25) is 14.5 Å². The minimum absolute atomic E-state index is 0.148. The summed E-state index contributed by atoms with van der Waals surface area (Å²) in [5, 5.41) is 2.81. The fourth-order valence-corrected chi connectivity index (χ4v) is 4.33. The normalized spacial score (nSPS) is 24.2. The lowest BCUT2D eigenvalue weighted by molar-refractivity contribution is -0.149. The van der Waals surface area contributed by atoms with E-state index >= 15 is 0 Å². The Labute approximate surface area is 175 Å². The van der Waals surface area contributed by atoms with Gasteiger partial charge in [0.15, 0.2) is 0 Å². The molecule has 1 saturated heterocycles. The number of nitrogens with zero attached hydrogens (tertiary/aromatic N) is 1. The molecule has 1 saturated carbocycles. The molecule has 3 amide bonds. The second-order valence-electron chi connectivity index (χ2n) is 9.16. The summed E-state index contributed by atoms with van der Waals surface area (Å²) < 4.78 is 23.7. The van der Waals surface area contributed by atoms with Crippen LogP contribution >= 0.6 is 0 Å². The van der Waals surface area contributed by atoms with Crippen molar-refractivity contribution in [3.8, 4) is 5.75 Å². The van der Waals surface area contributed by atoms with Crippen LogP contribution in [0.4, 0.5) is 9.18 Å². The maximum Gasteiger partial charge on any atom is 0.326 e. The Bertz CT molecular complexity index is 840. The molecule has 1 N–H and O–H groups in total. The van der Waals surface area contributed by atoms with E-state index in [9.17, 15) is 18.8 Å². The number of nitrogens with one attached hydrogen (secondary N) is 1. The van der Waals surface area contributed by atoms with E-state index in [0.29, 0.717) is 30.1 Å². The molecule has 1 aromatic rings. The van der Waals surface area contributed by atoms with Crippen molar-refractivity contribution in [3.63, 3.8) is 0 Å². The van der Waals surface area contributed by atoms with E-state index in [0.717, 1.165) is 17.7 Å². The molecule has 0 unspecified atom stereocenters. The molecule has 1 aliphatic carbocycles. The standard InChI is InChI=1S/C22H29FN2O5/c1-21(2,3)15-7-9-22(10-8-15)19(27)25(20(28)24-22)12-18(26)30-13-14-11-16(23)5-6-17(14)29-4/h5-6,11,15H,7-10,12-13H2,1-4H3,(H,24,28). The number of carbonyl (C=O) groups is 3. The fraction of sp³-hybridized carbons (Fsp3) is 0.591. The average molecular weight is 420 g/mol. The van der Waals surface area contributed by atoms with Crippen molar-refractivity contribution in [1.82, 2.24) is 10.2 Å². The number of urea groups is 1. The Hall–Kier alpha value is -2.64. The Balaban J connectivity index is 1.60. The molecule has 3 rings (SSSR count). The van der Waals surface area contributed by atoms with Gasteiger partial charge in [-0.15, -0.1) is 0 Å². The van der Waals surface area contributed by atoms with Crippen LogP contribution in [0.1, 0.15) is 52.0 Å². The maximum atomic E-state index is 13.4. The van der Waals surface area contributed by atoms with E-state index in [-0.39, 0.29) is 17.9 Å². The molecule has 2 aliphatic rings. The summed E-state index contributed by atoms with van der Waals surface area (Å²) >= 11 is 0. The Kier molecular flexibility index (Phi) is 6.06. The van der Waals surface area contributed by atoms with Crippen LogP contribution in [0, 0.1) is 17.2 Å². The molecule has 0 bridgehead atoms. The summed E-state index contributed by atoms with van der Waals surface area (Å²) in [5.74, 6) is -0.740. The lowest BCUT2D eigenvalue weighted by Crippen LogP contribution is -2.50. The van der Waals surface area contributed by atoms with Gasteiger partial charge in [0, 0.05) is 5.56 Å². The van der Waals surface area contributed by atoms with Gasteiger partial charge in [0.2, 0.25) is 0 Å². The molecule has 0 aromatic heterocycles. The van der Waals surface area contributed by atoms with Gasteiger partial charge in [0.25, 0.3) is 5.91 Å². The monoisotopic (exact) mass is 420 g/mol. The predicted octanol–water partition coefficient (Wildman–Crippen LogP) is 3.40. The molecular formula is C22H29FN2O5. The number of carbonyl (C=O) groups excluding carboxylic acids is 3. The van der Waals surface area contributed by atoms with Crippen LogP contribution in [0.25, 0.3) is 0 Å². The summed E-state index contributed by atoms with van der Waals surface area (Å²) in [6.07, 6.45) is 2.80. The van der Waals surface area contributed by atoms with Gasteiger partial charge in [-0.05, 0) is 55.2 Å². The largest absolute Gasteiger partial charge is 0.496 e. The van der Waals surface area contributed by atoms with Gasteiger partial charge in [0.05, 0.1) is 7.11 Å². The lowest BCUT2D eigenvalue weighted by Gasteiger charge is -2.40. The molecule has 30 heavy (non-hydrogen) atoms. The van der Waals surface area contributed by atoms with Gasteiger partial charge < -0.3 is 14.8 Å². The molecule has 0 atom stereocenters. The number of ether oxygens (including phenoxy) is 2. The summed E-state index contributed by atoms with van der Waals surface area (Å²) in [4.78, 5) is 38.6. The molecule has 0 radical (unpaired) electrons. The predicted molar refractivity (Wildman–Crippen MR) is 107 cm³/mol. The maximum absolute atomic E-state index is 13.4. The molecule has 1 heterocycles. The summed E-state index contributed by atoms with van der Waals surface area (Å²) in [6.45, 7) is 5.84. The second-order valence-corrected chi connectivity index (χ2v) is 9.16. The first-order valence-electron chi connectivity index (χ1n) is 10.2. The molecule has 1 spiro atoms. The lowest BCUT2D eigenvalue weighted by atomic mass is 9.67. The Morgan fingerprint density at radius 1 is 1.27 bits per heavy atom. The number of hydrogen-bond acceptors (Lipinski definition) is 5. The van der Waals surface area contributed by atoms with Crippen molar-refractivity contribution in [2.24, 2.45) is 11.3 Å². The topological polar surface area (TPSA) is 84.9 Å². The number of rotatable bonds is 5. The highest BCUT2D eigenvalue weighted by molar-refractivity contribution is 6.08. The SMILES string of the molecule is COc1ccc(F)cc1COC(=O)CN1C(=O)NC2(CCC(C(C)(C)C)CC2)C1=O. The van der Waals surface area contributed by atoms with Gasteiger partial charge in [-0.1, -0.05) is 20.8 Å². The first kappa shape index (κ1) is 22.1. The van der Waals surface area contributed by atoms with E-state index in [2.05, 4.69) is 26.1 Å². The minimum Gasteiger partial charge on any atom is -0.496 e. The summed E-state index contributed by atoms with van der Waals surface area (Å²) in [6, 6.07) is 3.32. The number of amides is 3. The Morgan fingerprint density at radius 3 is 2.53 bits per heavy atom. The van der Waals surface area contributed by atoms with E-state index in [1.54, 1.807) is 0 Å². The third kappa shape index (κ3) is 4.42. The van der Waals surface area contributed by atoms with Crippen LogP contribution in [0.15, 0.2) is 18.2 Å². The highest BCUT2D eigenvalue weighted by Gasteiger charge is 2.53. The van der Waals surface area contributed by atoms with Crippen LogP contribution in [-0.4, -0.2) is 42.0 Å². The van der Waals surface area contributed by atoms with E-state index in [1.807, 2.05) is 0 Å². The number of halogens is 1. The van der Waals surface area contributed by atoms with E-state index in [4.69, 9.17) is 9.47 Å². The van der Waals surface area contributed by atoms with Gasteiger partial charge in [-0.25, -0.2) is 9.18 Å². The van der Waals surface area contributed by atoms with Crippen molar-refractivity contribution < 1.29 is 28.2 Å². The van der Waals surface area contributed by atoms with Crippen molar-refractivity contribution in [2.75, 3.05) is 13.7 Å². The Morgan fingerprint density at radius 2 is 1.93 bits per heavy atom. The number of methoxy groups -OCH3 is 1. The minimum atomic E-state index is -0.926. The zero-order valence-corrected chi connectivity index (χ0v) is 17.9. The number of hydrogen-bond donors (Lipinski definition) is 1. The molecule has 164 valence electrons. The third-order valence-corrected chi connectivity index (χ3v) is 6.23. The molecule has 2 fully saturated rings. The molecule has 7 nitrogen and oxygen atoms in total. The zero-order chi connectivity index (χ0) is 22.1. The van der Waals surface area contributed by atoms with Crippen LogP contribution in [0.5, 0.6) is 5.75 Å². The molecule has 1 aromatic carbocycles. The first-order chi connectivity index (χ1) is 14.1.